The molecule has 0 aliphatic carbocycles. The van der Waals surface area contributed by atoms with Crippen LogP contribution in [0.3, 0.4) is 0 Å². The topological polar surface area (TPSA) is 26.8 Å². The molecule has 2 atom stereocenters. The minimum Gasteiger partial charge on any atom is -0.343 e. The number of amides is 1. The van der Waals surface area contributed by atoms with Crippen LogP contribution in [0.2, 0.25) is 0 Å². The standard InChI is InChI=1S/C20H30BrN3O/c1-15-14-23(20-8-10-22(11-9-20)17(3)25)12-13-24(15)16(2)18-4-6-19(21)7-5-18/h4-7,15-16,20H,8-14H2,1-3H3/t15-,16-/m0/s1. The van der Waals surface area contributed by atoms with Crippen molar-refractivity contribution in [2.45, 2.75) is 51.7 Å². The minimum atomic E-state index is 0.222. The third kappa shape index (κ3) is 4.44. The molecule has 0 N–H and O–H groups in total. The summed E-state index contributed by atoms with van der Waals surface area (Å²) in [4.78, 5) is 18.8. The fraction of sp³-hybridized carbons (Fsp3) is 0.650. The van der Waals surface area contributed by atoms with Crippen LogP contribution in [-0.2, 0) is 4.79 Å². The molecule has 2 aliphatic heterocycles. The van der Waals surface area contributed by atoms with E-state index in [1.165, 1.54) is 5.56 Å². The molecular formula is C20H30BrN3O. The Labute approximate surface area is 160 Å². The van der Waals surface area contributed by atoms with Crippen molar-refractivity contribution in [3.63, 3.8) is 0 Å². The summed E-state index contributed by atoms with van der Waals surface area (Å²) in [6, 6.07) is 10.4. The second-order valence-corrected chi connectivity index (χ2v) is 8.46. The summed E-state index contributed by atoms with van der Waals surface area (Å²) >= 11 is 3.52. The smallest absolute Gasteiger partial charge is 0.219 e. The molecule has 1 amide bonds. The van der Waals surface area contributed by atoms with Crippen LogP contribution in [-0.4, -0.2) is 65.4 Å². The minimum absolute atomic E-state index is 0.222. The van der Waals surface area contributed by atoms with Crippen LogP contribution in [0.4, 0.5) is 0 Å². The fourth-order valence-electron chi connectivity index (χ4n) is 4.39. The first-order chi connectivity index (χ1) is 12.0. The number of hydrogen-bond donors (Lipinski definition) is 0. The number of likely N-dealkylation sites (tertiary alicyclic amines) is 1. The molecule has 1 aromatic rings. The number of halogens is 1. The van der Waals surface area contributed by atoms with Crippen LogP contribution in [0.1, 0.15) is 45.2 Å². The zero-order valence-corrected chi connectivity index (χ0v) is 17.2. The third-order valence-electron chi connectivity index (χ3n) is 5.99. The van der Waals surface area contributed by atoms with Gasteiger partial charge in [0.1, 0.15) is 0 Å². The third-order valence-corrected chi connectivity index (χ3v) is 6.52. The van der Waals surface area contributed by atoms with E-state index in [0.717, 1.165) is 50.0 Å². The van der Waals surface area contributed by atoms with E-state index >= 15 is 0 Å². The Morgan fingerprint density at radius 2 is 1.76 bits per heavy atom. The van der Waals surface area contributed by atoms with Gasteiger partial charge in [0, 0.05) is 62.2 Å². The molecule has 5 heteroatoms. The fourth-order valence-corrected chi connectivity index (χ4v) is 4.65. The highest BCUT2D eigenvalue weighted by Gasteiger charge is 2.33. The van der Waals surface area contributed by atoms with Crippen LogP contribution < -0.4 is 0 Å². The number of carbonyl (C=O) groups excluding carboxylic acids is 1. The lowest BCUT2D eigenvalue weighted by Crippen LogP contribution is -2.57. The van der Waals surface area contributed by atoms with Gasteiger partial charge in [-0.25, -0.2) is 0 Å². The van der Waals surface area contributed by atoms with Crippen molar-refractivity contribution in [1.82, 2.24) is 14.7 Å². The van der Waals surface area contributed by atoms with Crippen LogP contribution in [0, 0.1) is 0 Å². The largest absolute Gasteiger partial charge is 0.343 e. The van der Waals surface area contributed by atoms with E-state index < -0.39 is 0 Å². The average Bonchev–Trinajstić information content (AvgIpc) is 2.62. The van der Waals surface area contributed by atoms with E-state index in [4.69, 9.17) is 0 Å². The number of hydrogen-bond acceptors (Lipinski definition) is 3. The Bertz CT molecular complexity index is 583. The maximum Gasteiger partial charge on any atom is 0.219 e. The van der Waals surface area contributed by atoms with Gasteiger partial charge >= 0.3 is 0 Å². The van der Waals surface area contributed by atoms with Gasteiger partial charge in [0.25, 0.3) is 0 Å². The number of piperidine rings is 1. The second-order valence-electron chi connectivity index (χ2n) is 7.55. The summed E-state index contributed by atoms with van der Waals surface area (Å²) in [5, 5.41) is 0. The Morgan fingerprint density at radius 1 is 1.12 bits per heavy atom. The van der Waals surface area contributed by atoms with Crippen molar-refractivity contribution < 1.29 is 4.79 Å². The van der Waals surface area contributed by atoms with Gasteiger partial charge in [0.15, 0.2) is 0 Å². The molecule has 25 heavy (non-hydrogen) atoms. The van der Waals surface area contributed by atoms with Gasteiger partial charge in [0.05, 0.1) is 0 Å². The molecule has 0 spiro atoms. The van der Waals surface area contributed by atoms with Crippen molar-refractivity contribution in [1.29, 1.82) is 0 Å². The van der Waals surface area contributed by atoms with E-state index in [1.54, 1.807) is 6.92 Å². The summed E-state index contributed by atoms with van der Waals surface area (Å²) in [5.74, 6) is 0.222. The quantitative estimate of drug-likeness (QED) is 0.766. The summed E-state index contributed by atoms with van der Waals surface area (Å²) in [6.45, 7) is 11.6. The number of piperazine rings is 1. The molecule has 2 saturated heterocycles. The average molecular weight is 408 g/mol. The number of rotatable bonds is 3. The normalized spacial score (nSPS) is 25.1. The highest BCUT2D eigenvalue weighted by molar-refractivity contribution is 9.10. The van der Waals surface area contributed by atoms with Gasteiger partial charge in [-0.15, -0.1) is 0 Å². The first-order valence-electron chi connectivity index (χ1n) is 9.46. The molecule has 2 aliphatic rings. The molecule has 0 unspecified atom stereocenters. The maximum atomic E-state index is 11.5. The van der Waals surface area contributed by atoms with Gasteiger partial charge in [-0.2, -0.15) is 0 Å². The lowest BCUT2D eigenvalue weighted by atomic mass is 9.99. The second kappa shape index (κ2) is 8.19. The zero-order chi connectivity index (χ0) is 18.0. The van der Waals surface area contributed by atoms with Gasteiger partial charge in [-0.3, -0.25) is 14.6 Å². The molecule has 1 aromatic carbocycles. The lowest BCUT2D eigenvalue weighted by molar-refractivity contribution is -0.130. The highest BCUT2D eigenvalue weighted by atomic mass is 79.9. The van der Waals surface area contributed by atoms with Crippen LogP contribution in [0.25, 0.3) is 0 Å². The van der Waals surface area contributed by atoms with E-state index in [9.17, 15) is 4.79 Å². The Kier molecular flexibility index (Phi) is 6.18. The van der Waals surface area contributed by atoms with Crippen LogP contribution in [0.5, 0.6) is 0 Å². The Hall–Kier alpha value is -0.910. The van der Waals surface area contributed by atoms with Crippen molar-refractivity contribution in [2.24, 2.45) is 0 Å². The molecule has 0 saturated carbocycles. The molecule has 3 rings (SSSR count). The summed E-state index contributed by atoms with van der Waals surface area (Å²) in [5.41, 5.74) is 1.39. The van der Waals surface area contributed by atoms with Crippen molar-refractivity contribution in [3.8, 4) is 0 Å². The Balaban J connectivity index is 1.55. The maximum absolute atomic E-state index is 11.5. The molecule has 0 radical (unpaired) electrons. The SMILES string of the molecule is CC(=O)N1CCC(N2CCN([C@@H](C)c3ccc(Br)cc3)[C@@H](C)C2)CC1. The van der Waals surface area contributed by atoms with Crippen molar-refractivity contribution in [3.05, 3.63) is 34.3 Å². The van der Waals surface area contributed by atoms with Crippen LogP contribution >= 0.6 is 15.9 Å². The number of carbonyl (C=O) groups is 1. The van der Waals surface area contributed by atoms with E-state index in [0.29, 0.717) is 18.1 Å². The molecule has 2 heterocycles. The molecular weight excluding hydrogens is 378 g/mol. The summed E-state index contributed by atoms with van der Waals surface area (Å²) in [6.07, 6.45) is 2.24. The number of benzene rings is 1. The van der Waals surface area contributed by atoms with E-state index in [1.807, 2.05) is 4.90 Å². The van der Waals surface area contributed by atoms with Crippen molar-refractivity contribution in [2.75, 3.05) is 32.7 Å². The predicted molar refractivity (Wildman–Crippen MR) is 106 cm³/mol. The lowest BCUT2D eigenvalue weighted by Gasteiger charge is -2.47. The molecule has 0 aromatic heterocycles. The van der Waals surface area contributed by atoms with E-state index in [-0.39, 0.29) is 5.91 Å². The highest BCUT2D eigenvalue weighted by Crippen LogP contribution is 2.28. The van der Waals surface area contributed by atoms with Crippen molar-refractivity contribution >= 4 is 21.8 Å². The first-order valence-corrected chi connectivity index (χ1v) is 10.3. The monoisotopic (exact) mass is 407 g/mol. The first kappa shape index (κ1) is 18.9. The predicted octanol–water partition coefficient (Wildman–Crippen LogP) is 3.53. The molecule has 0 bridgehead atoms. The summed E-state index contributed by atoms with van der Waals surface area (Å²) in [7, 11) is 0. The van der Waals surface area contributed by atoms with Gasteiger partial charge in [-0.05, 0) is 44.4 Å². The number of nitrogens with zero attached hydrogens (tertiary/aromatic N) is 3. The van der Waals surface area contributed by atoms with Gasteiger partial charge in [-0.1, -0.05) is 28.1 Å². The molecule has 138 valence electrons. The summed E-state index contributed by atoms with van der Waals surface area (Å²) < 4.78 is 1.14. The van der Waals surface area contributed by atoms with E-state index in [2.05, 4.69) is 63.8 Å². The molecule has 4 nitrogen and oxygen atoms in total. The van der Waals surface area contributed by atoms with Gasteiger partial charge in [0.2, 0.25) is 5.91 Å². The molecule has 2 fully saturated rings. The Morgan fingerprint density at radius 3 is 2.32 bits per heavy atom. The van der Waals surface area contributed by atoms with Gasteiger partial charge < -0.3 is 4.90 Å². The van der Waals surface area contributed by atoms with Crippen LogP contribution in [0.15, 0.2) is 28.7 Å². The zero-order valence-electron chi connectivity index (χ0n) is 15.6.